The molecule has 2 aliphatic rings. The molecule has 2 unspecified atom stereocenters. The van der Waals surface area contributed by atoms with E-state index in [1.54, 1.807) is 7.05 Å². The zero-order valence-electron chi connectivity index (χ0n) is 13.2. The lowest BCUT2D eigenvalue weighted by molar-refractivity contribution is -0.0581. The van der Waals surface area contributed by atoms with Crippen molar-refractivity contribution in [1.29, 1.82) is 0 Å². The van der Waals surface area contributed by atoms with Crippen LogP contribution in [0.4, 0.5) is 18.9 Å². The molecule has 1 aromatic rings. The molecule has 2 atom stereocenters. The van der Waals surface area contributed by atoms with Crippen LogP contribution >= 0.6 is 0 Å². The molecule has 0 bridgehead atoms. The molecule has 118 valence electrons. The zero-order valence-corrected chi connectivity index (χ0v) is 13.2. The smallest absolute Gasteiger partial charge is 0.164 e. The normalized spacial score (nSPS) is 29.6. The maximum atomic E-state index is 12.9. The van der Waals surface area contributed by atoms with E-state index in [9.17, 15) is 13.2 Å². The third kappa shape index (κ3) is 2.19. The summed E-state index contributed by atoms with van der Waals surface area (Å²) in [5, 5.41) is 3.94. The Labute approximate surface area is 128 Å². The first-order valence-corrected chi connectivity index (χ1v) is 7.41. The fourth-order valence-electron chi connectivity index (χ4n) is 3.82. The molecule has 0 aromatic heterocycles. The Bertz CT molecular complexity index is 686. The lowest BCUT2D eigenvalue weighted by Crippen LogP contribution is -2.33. The van der Waals surface area contributed by atoms with Gasteiger partial charge in [-0.25, -0.2) is 0 Å². The van der Waals surface area contributed by atoms with Gasteiger partial charge in [-0.15, -0.1) is 4.59 Å². The highest BCUT2D eigenvalue weighted by Gasteiger charge is 2.45. The molecule has 1 heterocycles. The average Bonchev–Trinajstić information content (AvgIpc) is 2.90. The minimum atomic E-state index is -4.41. The summed E-state index contributed by atoms with van der Waals surface area (Å²) in [6.07, 6.45) is -0.825. The van der Waals surface area contributed by atoms with E-state index in [1.165, 1.54) is 11.8 Å². The lowest BCUT2D eigenvalue weighted by atomic mass is 9.86. The molecule has 1 aromatic carbocycles. The molecule has 0 spiro atoms. The summed E-state index contributed by atoms with van der Waals surface area (Å²) >= 11 is 0. The number of alkyl halides is 3. The third-order valence-corrected chi connectivity index (χ3v) is 4.74. The van der Waals surface area contributed by atoms with Gasteiger partial charge in [0.15, 0.2) is 5.69 Å². The summed E-state index contributed by atoms with van der Waals surface area (Å²) in [7, 11) is 1.70. The minimum Gasteiger partial charge on any atom is -0.164 e. The van der Waals surface area contributed by atoms with Crippen LogP contribution in [0.3, 0.4) is 0 Å². The Balaban J connectivity index is 2.15. The van der Waals surface area contributed by atoms with Crippen LogP contribution in [0.25, 0.3) is 0 Å². The first kappa shape index (κ1) is 15.3. The molecule has 2 nitrogen and oxygen atoms in total. The highest BCUT2D eigenvalue weighted by molar-refractivity contribution is 6.01. The largest absolute Gasteiger partial charge is 0.438 e. The number of rotatable bonds is 1. The van der Waals surface area contributed by atoms with Gasteiger partial charge in [0.05, 0.1) is 0 Å². The van der Waals surface area contributed by atoms with Gasteiger partial charge in [-0.3, -0.25) is 0 Å². The highest BCUT2D eigenvalue weighted by atomic mass is 19.4. The van der Waals surface area contributed by atoms with Gasteiger partial charge < -0.3 is 0 Å². The van der Waals surface area contributed by atoms with Gasteiger partial charge >= 0.3 is 6.18 Å². The van der Waals surface area contributed by atoms with Crippen molar-refractivity contribution < 1.29 is 13.2 Å². The molecule has 0 saturated carbocycles. The molecule has 1 aliphatic heterocycles. The van der Waals surface area contributed by atoms with Gasteiger partial charge in [-0.2, -0.15) is 13.2 Å². The number of hydrogen-bond acceptors (Lipinski definition) is 1. The number of benzene rings is 1. The highest BCUT2D eigenvalue weighted by Crippen LogP contribution is 2.50. The van der Waals surface area contributed by atoms with Crippen molar-refractivity contribution in [3.63, 3.8) is 0 Å². The Hall–Kier alpha value is -1.62. The summed E-state index contributed by atoms with van der Waals surface area (Å²) in [5.74, 6) is 0.315. The van der Waals surface area contributed by atoms with Crippen molar-refractivity contribution in [2.45, 2.75) is 44.7 Å². The summed E-state index contributed by atoms with van der Waals surface area (Å²) in [4.78, 5) is 0. The van der Waals surface area contributed by atoms with E-state index in [0.717, 1.165) is 23.7 Å². The van der Waals surface area contributed by atoms with Gasteiger partial charge in [0.25, 0.3) is 0 Å². The predicted octanol–water partition coefficient (Wildman–Crippen LogP) is 4.85. The summed E-state index contributed by atoms with van der Waals surface area (Å²) in [6.45, 7) is 6.50. The quantitative estimate of drug-likeness (QED) is 0.657. The maximum absolute atomic E-state index is 12.9. The molecule has 0 amide bonds. The molecule has 0 radical (unpaired) electrons. The van der Waals surface area contributed by atoms with E-state index in [-0.39, 0.29) is 10.0 Å². The predicted molar refractivity (Wildman–Crippen MR) is 82.8 cm³/mol. The van der Waals surface area contributed by atoms with E-state index in [4.69, 9.17) is 0 Å². The second-order valence-electron chi connectivity index (χ2n) is 7.05. The van der Waals surface area contributed by atoms with E-state index >= 15 is 0 Å². The van der Waals surface area contributed by atoms with Crippen molar-refractivity contribution in [2.75, 3.05) is 7.05 Å². The van der Waals surface area contributed by atoms with Gasteiger partial charge in [-0.05, 0) is 23.3 Å². The Morgan fingerprint density at radius 1 is 1.27 bits per heavy atom. The van der Waals surface area contributed by atoms with Gasteiger partial charge in [0, 0.05) is 17.7 Å². The number of nitrogens with zero attached hydrogens (tertiary/aromatic N) is 2. The average molecular weight is 309 g/mol. The van der Waals surface area contributed by atoms with Crippen LogP contribution in [0, 0.1) is 0 Å². The number of halogens is 3. The number of fused-ring (bicyclic) bond motifs is 1. The topological polar surface area (TPSA) is 12.4 Å². The van der Waals surface area contributed by atoms with Crippen molar-refractivity contribution in [1.82, 2.24) is 4.59 Å². The Morgan fingerprint density at radius 2 is 1.95 bits per heavy atom. The van der Waals surface area contributed by atoms with Crippen LogP contribution in [0.1, 0.15) is 44.2 Å². The number of allylic oxidation sites excluding steroid dienone is 1. The summed E-state index contributed by atoms with van der Waals surface area (Å²) in [6, 6.07) is 5.90. The Morgan fingerprint density at radius 3 is 2.55 bits per heavy atom. The SMILES string of the molecule is CC1CC(C)(C)c2cccc([N+]3(C)C=CC(C(F)(F)F)=N3)c21. The molecule has 5 heteroatoms. The van der Waals surface area contributed by atoms with E-state index in [1.807, 2.05) is 12.1 Å². The van der Waals surface area contributed by atoms with Crippen molar-refractivity contribution in [3.8, 4) is 0 Å². The third-order valence-electron chi connectivity index (χ3n) is 4.74. The summed E-state index contributed by atoms with van der Waals surface area (Å²) in [5.41, 5.74) is 2.43. The standard InChI is InChI=1S/C17H20F3N2/c1-11-10-16(2,3)12-6-5-7-13(15(11)12)22(4)9-8-14(21-22)17(18,19)20/h5-9,11H,10H2,1-4H3/q+1. The van der Waals surface area contributed by atoms with Crippen LogP contribution in [0.15, 0.2) is 35.6 Å². The molecule has 22 heavy (non-hydrogen) atoms. The molecule has 0 saturated heterocycles. The Kier molecular flexibility index (Phi) is 3.09. The molecular formula is C17H20F3N2+. The van der Waals surface area contributed by atoms with Crippen LogP contribution < -0.4 is 4.59 Å². The second kappa shape index (κ2) is 4.44. The first-order valence-electron chi connectivity index (χ1n) is 7.41. The van der Waals surface area contributed by atoms with Crippen LogP contribution in [-0.2, 0) is 5.41 Å². The van der Waals surface area contributed by atoms with Crippen molar-refractivity contribution in [3.05, 3.63) is 41.6 Å². The van der Waals surface area contributed by atoms with E-state index < -0.39 is 11.9 Å². The van der Waals surface area contributed by atoms with Crippen molar-refractivity contribution in [2.24, 2.45) is 5.10 Å². The molecule has 0 fully saturated rings. The molecule has 3 rings (SSSR count). The number of quaternary nitrogens is 1. The fourth-order valence-corrected chi connectivity index (χ4v) is 3.82. The van der Waals surface area contributed by atoms with E-state index in [2.05, 4.69) is 31.9 Å². The lowest BCUT2D eigenvalue weighted by Gasteiger charge is -2.25. The second-order valence-corrected chi connectivity index (χ2v) is 7.05. The molecule has 0 N–H and O–H groups in total. The van der Waals surface area contributed by atoms with Gasteiger partial charge in [0.1, 0.15) is 13.2 Å². The van der Waals surface area contributed by atoms with Crippen molar-refractivity contribution >= 4 is 11.4 Å². The van der Waals surface area contributed by atoms with Crippen LogP contribution in [0.5, 0.6) is 0 Å². The first-order chi connectivity index (χ1) is 10.0. The minimum absolute atomic E-state index is 0.0456. The van der Waals surface area contributed by atoms with Gasteiger partial charge in [0.2, 0.25) is 5.71 Å². The maximum Gasteiger partial charge on any atom is 0.438 e. The van der Waals surface area contributed by atoms with Crippen LogP contribution in [0.2, 0.25) is 0 Å². The zero-order chi connectivity index (χ0) is 16.3. The van der Waals surface area contributed by atoms with Crippen LogP contribution in [-0.4, -0.2) is 18.9 Å². The number of hydrogen-bond donors (Lipinski definition) is 0. The van der Waals surface area contributed by atoms with E-state index in [0.29, 0.717) is 5.92 Å². The molecular weight excluding hydrogens is 289 g/mol. The fraction of sp³-hybridized carbons (Fsp3) is 0.471. The summed E-state index contributed by atoms with van der Waals surface area (Å²) < 4.78 is 38.5. The molecule has 1 aliphatic carbocycles. The van der Waals surface area contributed by atoms with Gasteiger partial charge in [-0.1, -0.05) is 38.0 Å². The monoisotopic (exact) mass is 309 g/mol.